The summed E-state index contributed by atoms with van der Waals surface area (Å²) in [6, 6.07) is 9.53. The van der Waals surface area contributed by atoms with Gasteiger partial charge in [-0.05, 0) is 19.7 Å². The molecule has 3 unspecified atom stereocenters. The van der Waals surface area contributed by atoms with Gasteiger partial charge in [0.05, 0.1) is 12.0 Å². The van der Waals surface area contributed by atoms with Crippen LogP contribution in [0, 0.1) is 11.8 Å². The van der Waals surface area contributed by atoms with E-state index in [1.165, 1.54) is 0 Å². The second kappa shape index (κ2) is 7.78. The van der Waals surface area contributed by atoms with Gasteiger partial charge in [0, 0.05) is 12.5 Å². The third kappa shape index (κ3) is 5.19. The molecule has 3 atom stereocenters. The molecular weight excluding hydrogens is 268 g/mol. The fourth-order valence-corrected chi connectivity index (χ4v) is 2.03. The number of nitrogens with one attached hydrogen (secondary N) is 1. The Kier molecular flexibility index (Phi) is 6.37. The lowest BCUT2D eigenvalue weighted by molar-refractivity contribution is -0.146. The normalized spacial score (nSPS) is 15.3. The molecule has 0 heterocycles. The van der Waals surface area contributed by atoms with Crippen molar-refractivity contribution >= 4 is 11.9 Å². The van der Waals surface area contributed by atoms with E-state index in [0.717, 1.165) is 5.56 Å². The van der Waals surface area contributed by atoms with Crippen LogP contribution in [0.1, 0.15) is 25.5 Å². The average molecular weight is 292 g/mol. The first-order valence-corrected chi connectivity index (χ1v) is 7.05. The fourth-order valence-electron chi connectivity index (χ4n) is 2.03. The Balaban J connectivity index is 2.82. The van der Waals surface area contributed by atoms with Gasteiger partial charge >= 0.3 is 5.97 Å². The van der Waals surface area contributed by atoms with E-state index in [1.54, 1.807) is 13.8 Å². The molecule has 0 saturated carbocycles. The van der Waals surface area contributed by atoms with Crippen LogP contribution in [0.2, 0.25) is 0 Å². The predicted octanol–water partition coefficient (Wildman–Crippen LogP) is 1.76. The van der Waals surface area contributed by atoms with E-state index in [0.29, 0.717) is 6.54 Å². The summed E-state index contributed by atoms with van der Waals surface area (Å²) in [5, 5.41) is 12.0. The summed E-state index contributed by atoms with van der Waals surface area (Å²) < 4.78 is 0. The highest BCUT2D eigenvalue weighted by atomic mass is 16.4. The molecule has 1 amide bonds. The molecule has 1 aromatic rings. The summed E-state index contributed by atoms with van der Waals surface area (Å²) in [4.78, 5) is 25.2. The number of carbonyl (C=O) groups is 2. The van der Waals surface area contributed by atoms with Gasteiger partial charge in [-0.25, -0.2) is 0 Å². The molecule has 0 aliphatic heterocycles. The maximum atomic E-state index is 12.3. The number of likely N-dealkylation sites (N-methyl/N-ethyl adjacent to an activating group) is 1. The summed E-state index contributed by atoms with van der Waals surface area (Å²) in [6.07, 6.45) is 0. The summed E-state index contributed by atoms with van der Waals surface area (Å²) in [5.41, 5.74) is 1.01. The average Bonchev–Trinajstić information content (AvgIpc) is 2.45. The first-order chi connectivity index (χ1) is 9.82. The number of carbonyl (C=O) groups excluding carboxylic acids is 1. The quantitative estimate of drug-likeness (QED) is 0.803. The molecule has 0 bridgehead atoms. The molecule has 5 heteroatoms. The molecule has 0 aromatic heterocycles. The van der Waals surface area contributed by atoms with Crippen LogP contribution in [0.5, 0.6) is 0 Å². The molecule has 0 aliphatic rings. The van der Waals surface area contributed by atoms with Gasteiger partial charge < -0.3 is 15.3 Å². The van der Waals surface area contributed by atoms with Gasteiger partial charge in [0.25, 0.3) is 0 Å². The van der Waals surface area contributed by atoms with E-state index in [2.05, 4.69) is 5.32 Å². The lowest BCUT2D eigenvalue weighted by Gasteiger charge is -2.25. The molecular formula is C16H24N2O3. The van der Waals surface area contributed by atoms with Gasteiger partial charge in [0.15, 0.2) is 0 Å². The smallest absolute Gasteiger partial charge is 0.307 e. The minimum atomic E-state index is -0.957. The van der Waals surface area contributed by atoms with E-state index in [9.17, 15) is 9.59 Å². The molecule has 1 aromatic carbocycles. The fraction of sp³-hybridized carbons (Fsp3) is 0.500. The van der Waals surface area contributed by atoms with Crippen molar-refractivity contribution in [2.75, 3.05) is 20.6 Å². The summed E-state index contributed by atoms with van der Waals surface area (Å²) in [5.74, 6) is -2.47. The topological polar surface area (TPSA) is 69.6 Å². The second-order valence-corrected chi connectivity index (χ2v) is 5.65. The van der Waals surface area contributed by atoms with Crippen molar-refractivity contribution in [3.05, 3.63) is 35.9 Å². The molecule has 5 nitrogen and oxygen atoms in total. The molecule has 116 valence electrons. The van der Waals surface area contributed by atoms with Crippen LogP contribution in [0.4, 0.5) is 0 Å². The zero-order valence-electron chi connectivity index (χ0n) is 13.0. The van der Waals surface area contributed by atoms with Crippen molar-refractivity contribution in [1.82, 2.24) is 10.2 Å². The van der Waals surface area contributed by atoms with Crippen LogP contribution >= 0.6 is 0 Å². The van der Waals surface area contributed by atoms with Gasteiger partial charge in [-0.2, -0.15) is 0 Å². The summed E-state index contributed by atoms with van der Waals surface area (Å²) in [6.45, 7) is 3.85. The Morgan fingerprint density at radius 1 is 1.14 bits per heavy atom. The number of aliphatic carboxylic acids is 1. The molecule has 0 radical (unpaired) electrons. The van der Waals surface area contributed by atoms with Crippen molar-refractivity contribution in [2.45, 2.75) is 19.9 Å². The van der Waals surface area contributed by atoms with E-state index >= 15 is 0 Å². The largest absolute Gasteiger partial charge is 0.481 e. The number of hydrogen-bond donors (Lipinski definition) is 2. The molecule has 0 saturated heterocycles. The lowest BCUT2D eigenvalue weighted by atomic mass is 9.94. The first kappa shape index (κ1) is 17.2. The Morgan fingerprint density at radius 2 is 1.71 bits per heavy atom. The van der Waals surface area contributed by atoms with Crippen LogP contribution in [-0.2, 0) is 9.59 Å². The number of nitrogens with zero attached hydrogens (tertiary/aromatic N) is 1. The van der Waals surface area contributed by atoms with E-state index < -0.39 is 17.8 Å². The van der Waals surface area contributed by atoms with Crippen molar-refractivity contribution in [3.8, 4) is 0 Å². The maximum absolute atomic E-state index is 12.3. The number of amides is 1. The third-order valence-electron chi connectivity index (χ3n) is 3.62. The molecule has 0 spiro atoms. The predicted molar refractivity (Wildman–Crippen MR) is 81.8 cm³/mol. The second-order valence-electron chi connectivity index (χ2n) is 5.65. The SMILES string of the molecule is CC(C(=O)O)C(C)C(=O)NC(CN(C)C)c1ccccc1. The number of rotatable bonds is 7. The number of hydrogen-bond acceptors (Lipinski definition) is 3. The zero-order chi connectivity index (χ0) is 16.0. The number of benzene rings is 1. The van der Waals surface area contributed by atoms with Crippen LogP contribution in [0.3, 0.4) is 0 Å². The third-order valence-corrected chi connectivity index (χ3v) is 3.62. The van der Waals surface area contributed by atoms with Crippen LogP contribution in [0.15, 0.2) is 30.3 Å². The molecule has 2 N–H and O–H groups in total. The molecule has 21 heavy (non-hydrogen) atoms. The summed E-state index contributed by atoms with van der Waals surface area (Å²) in [7, 11) is 3.87. The van der Waals surface area contributed by atoms with Gasteiger partial charge in [0.2, 0.25) is 5.91 Å². The van der Waals surface area contributed by atoms with Gasteiger partial charge in [-0.1, -0.05) is 44.2 Å². The summed E-state index contributed by atoms with van der Waals surface area (Å²) >= 11 is 0. The monoisotopic (exact) mass is 292 g/mol. The van der Waals surface area contributed by atoms with Crippen LogP contribution in [-0.4, -0.2) is 42.5 Å². The minimum Gasteiger partial charge on any atom is -0.481 e. The van der Waals surface area contributed by atoms with Crippen molar-refractivity contribution in [1.29, 1.82) is 0 Å². The van der Waals surface area contributed by atoms with Gasteiger partial charge in [-0.15, -0.1) is 0 Å². The highest BCUT2D eigenvalue weighted by Crippen LogP contribution is 2.17. The molecule has 0 fully saturated rings. The van der Waals surface area contributed by atoms with E-state index in [4.69, 9.17) is 5.11 Å². The Hall–Kier alpha value is -1.88. The lowest BCUT2D eigenvalue weighted by Crippen LogP contribution is -2.40. The highest BCUT2D eigenvalue weighted by Gasteiger charge is 2.27. The Labute approximate surface area is 126 Å². The maximum Gasteiger partial charge on any atom is 0.307 e. The number of carboxylic acid groups (broad SMARTS) is 1. The standard InChI is InChI=1S/C16H24N2O3/c1-11(12(2)16(20)21)15(19)17-14(10-18(3)4)13-8-6-5-7-9-13/h5-9,11-12,14H,10H2,1-4H3,(H,17,19)(H,20,21). The van der Waals surface area contributed by atoms with Gasteiger partial charge in [-0.3, -0.25) is 9.59 Å². The van der Waals surface area contributed by atoms with Crippen molar-refractivity contribution in [3.63, 3.8) is 0 Å². The van der Waals surface area contributed by atoms with Crippen LogP contribution in [0.25, 0.3) is 0 Å². The van der Waals surface area contributed by atoms with Crippen molar-refractivity contribution < 1.29 is 14.7 Å². The van der Waals surface area contributed by atoms with E-state index in [1.807, 2.05) is 49.3 Å². The zero-order valence-corrected chi connectivity index (χ0v) is 13.0. The highest BCUT2D eigenvalue weighted by molar-refractivity contribution is 5.84. The minimum absolute atomic E-state index is 0.155. The van der Waals surface area contributed by atoms with Crippen molar-refractivity contribution in [2.24, 2.45) is 11.8 Å². The first-order valence-electron chi connectivity index (χ1n) is 7.05. The van der Waals surface area contributed by atoms with E-state index in [-0.39, 0.29) is 11.9 Å². The molecule has 0 aliphatic carbocycles. The van der Waals surface area contributed by atoms with Crippen LogP contribution < -0.4 is 5.32 Å². The Morgan fingerprint density at radius 3 is 2.19 bits per heavy atom. The Bertz CT molecular complexity index is 474. The number of carboxylic acids is 1. The van der Waals surface area contributed by atoms with Gasteiger partial charge in [0.1, 0.15) is 0 Å². The molecule has 1 rings (SSSR count).